The predicted molar refractivity (Wildman–Crippen MR) is 58.8 cm³/mol. The van der Waals surface area contributed by atoms with Gasteiger partial charge in [0.15, 0.2) is 5.96 Å². The first kappa shape index (κ1) is 11.7. The molecule has 0 fully saturated rings. The van der Waals surface area contributed by atoms with Crippen molar-refractivity contribution < 1.29 is 8.78 Å². The second-order valence-electron chi connectivity index (χ2n) is 3.68. The van der Waals surface area contributed by atoms with Crippen molar-refractivity contribution in [2.24, 2.45) is 4.99 Å². The van der Waals surface area contributed by atoms with Gasteiger partial charge in [-0.05, 0) is 6.07 Å². The van der Waals surface area contributed by atoms with E-state index >= 15 is 0 Å². The molecular weight excluding hydrogens is 228 g/mol. The van der Waals surface area contributed by atoms with Gasteiger partial charge < -0.3 is 10.2 Å². The van der Waals surface area contributed by atoms with Crippen molar-refractivity contribution in [2.75, 3.05) is 20.1 Å². The first-order valence-electron chi connectivity index (χ1n) is 5.26. The molecule has 1 aliphatic heterocycles. The molecule has 1 N–H and O–H groups in total. The SMILES string of the molecule is CN1CCN=C1NCc1nccc(C(F)F)n1. The second-order valence-corrected chi connectivity index (χ2v) is 3.68. The third kappa shape index (κ3) is 2.86. The van der Waals surface area contributed by atoms with E-state index in [-0.39, 0.29) is 5.69 Å². The number of hydrogen-bond acceptors (Lipinski definition) is 5. The monoisotopic (exact) mass is 241 g/mol. The molecule has 0 bridgehead atoms. The number of rotatable bonds is 3. The standard InChI is InChI=1S/C10H13F2N5/c1-17-5-4-14-10(17)15-6-8-13-3-2-7(16-8)9(11)12/h2-3,9H,4-6H2,1H3,(H,14,15). The van der Waals surface area contributed by atoms with Crippen molar-refractivity contribution in [3.63, 3.8) is 0 Å². The van der Waals surface area contributed by atoms with E-state index in [1.165, 1.54) is 12.3 Å². The molecule has 0 aliphatic carbocycles. The minimum atomic E-state index is -2.57. The van der Waals surface area contributed by atoms with Crippen molar-refractivity contribution in [2.45, 2.75) is 13.0 Å². The second kappa shape index (κ2) is 5.03. The molecule has 5 nitrogen and oxygen atoms in total. The van der Waals surface area contributed by atoms with E-state index in [0.717, 1.165) is 19.0 Å². The molecular formula is C10H13F2N5. The lowest BCUT2D eigenvalue weighted by Crippen LogP contribution is -2.35. The highest BCUT2D eigenvalue weighted by atomic mass is 19.3. The molecule has 0 saturated heterocycles. The summed E-state index contributed by atoms with van der Waals surface area (Å²) in [7, 11) is 1.91. The van der Waals surface area contributed by atoms with Crippen molar-refractivity contribution in [1.82, 2.24) is 20.2 Å². The Hall–Kier alpha value is -1.79. The lowest BCUT2D eigenvalue weighted by Gasteiger charge is -2.14. The Morgan fingerprint density at radius 2 is 2.35 bits per heavy atom. The van der Waals surface area contributed by atoms with Crippen LogP contribution in [0.3, 0.4) is 0 Å². The first-order valence-corrected chi connectivity index (χ1v) is 5.26. The average Bonchev–Trinajstić information content (AvgIpc) is 2.72. The zero-order valence-electron chi connectivity index (χ0n) is 9.40. The zero-order valence-corrected chi connectivity index (χ0v) is 9.40. The number of alkyl halides is 2. The third-order valence-corrected chi connectivity index (χ3v) is 2.41. The predicted octanol–water partition coefficient (Wildman–Crippen LogP) is 0.805. The van der Waals surface area contributed by atoms with Gasteiger partial charge in [0, 0.05) is 19.8 Å². The number of guanidine groups is 1. The van der Waals surface area contributed by atoms with Gasteiger partial charge in [-0.15, -0.1) is 0 Å². The van der Waals surface area contributed by atoms with Crippen LogP contribution in [0.25, 0.3) is 0 Å². The number of halogens is 2. The van der Waals surface area contributed by atoms with Crippen molar-refractivity contribution in [3.05, 3.63) is 23.8 Å². The van der Waals surface area contributed by atoms with E-state index in [9.17, 15) is 8.78 Å². The van der Waals surface area contributed by atoms with Crippen LogP contribution in [0.1, 0.15) is 17.9 Å². The Kier molecular flexibility index (Phi) is 3.46. The normalized spacial score (nSPS) is 15.3. The summed E-state index contributed by atoms with van der Waals surface area (Å²) in [5, 5.41) is 3.02. The van der Waals surface area contributed by atoms with Crippen LogP contribution in [0.2, 0.25) is 0 Å². The van der Waals surface area contributed by atoms with Crippen molar-refractivity contribution >= 4 is 5.96 Å². The van der Waals surface area contributed by atoms with Gasteiger partial charge in [0.2, 0.25) is 0 Å². The van der Waals surface area contributed by atoms with E-state index in [2.05, 4.69) is 20.3 Å². The van der Waals surface area contributed by atoms with Gasteiger partial charge in [-0.1, -0.05) is 0 Å². The Balaban J connectivity index is 1.97. The molecule has 0 amide bonds. The first-order chi connectivity index (χ1) is 8.16. The fourth-order valence-corrected chi connectivity index (χ4v) is 1.50. The minimum absolute atomic E-state index is 0.251. The molecule has 0 radical (unpaired) electrons. The maximum atomic E-state index is 12.4. The summed E-state index contributed by atoms with van der Waals surface area (Å²) in [6.07, 6.45) is -1.23. The van der Waals surface area contributed by atoms with Gasteiger partial charge in [0.25, 0.3) is 6.43 Å². The van der Waals surface area contributed by atoms with Gasteiger partial charge in [-0.3, -0.25) is 4.99 Å². The Bertz CT molecular complexity index is 421. The van der Waals surface area contributed by atoms with Gasteiger partial charge >= 0.3 is 0 Å². The summed E-state index contributed by atoms with van der Waals surface area (Å²) < 4.78 is 24.8. The molecule has 92 valence electrons. The van der Waals surface area contributed by atoms with Crippen LogP contribution >= 0.6 is 0 Å². The fourth-order valence-electron chi connectivity index (χ4n) is 1.50. The molecule has 2 rings (SSSR count). The topological polar surface area (TPSA) is 53.4 Å². The number of nitrogens with zero attached hydrogens (tertiary/aromatic N) is 4. The number of aromatic nitrogens is 2. The van der Waals surface area contributed by atoms with Crippen LogP contribution in [0.15, 0.2) is 17.3 Å². The highest BCUT2D eigenvalue weighted by Crippen LogP contribution is 2.14. The van der Waals surface area contributed by atoms with Gasteiger partial charge in [-0.2, -0.15) is 0 Å². The molecule has 1 aromatic heterocycles. The third-order valence-electron chi connectivity index (χ3n) is 2.41. The number of hydrogen-bond donors (Lipinski definition) is 1. The lowest BCUT2D eigenvalue weighted by molar-refractivity contribution is 0.145. The summed E-state index contributed by atoms with van der Waals surface area (Å²) >= 11 is 0. The summed E-state index contributed by atoms with van der Waals surface area (Å²) in [5.74, 6) is 1.09. The zero-order chi connectivity index (χ0) is 12.3. The van der Waals surface area contributed by atoms with Crippen LogP contribution in [0.4, 0.5) is 8.78 Å². The molecule has 0 aromatic carbocycles. The Labute approximate surface area is 97.6 Å². The van der Waals surface area contributed by atoms with Crippen LogP contribution in [-0.2, 0) is 6.54 Å². The summed E-state index contributed by atoms with van der Waals surface area (Å²) in [5.41, 5.74) is -0.251. The van der Waals surface area contributed by atoms with Crippen molar-refractivity contribution in [3.8, 4) is 0 Å². The maximum Gasteiger partial charge on any atom is 0.280 e. The summed E-state index contributed by atoms with van der Waals surface area (Å²) in [6.45, 7) is 1.90. The van der Waals surface area contributed by atoms with E-state index in [4.69, 9.17) is 0 Å². The van der Waals surface area contributed by atoms with Gasteiger partial charge in [-0.25, -0.2) is 18.7 Å². The molecule has 2 heterocycles. The summed E-state index contributed by atoms with van der Waals surface area (Å²) in [6, 6.07) is 1.22. The van der Waals surface area contributed by atoms with Crippen molar-refractivity contribution in [1.29, 1.82) is 0 Å². The lowest BCUT2D eigenvalue weighted by atomic mass is 10.4. The summed E-state index contributed by atoms with van der Waals surface area (Å²) in [4.78, 5) is 13.9. The Morgan fingerprint density at radius 3 is 3.00 bits per heavy atom. The van der Waals surface area contributed by atoms with Crippen LogP contribution in [-0.4, -0.2) is 41.0 Å². The molecule has 7 heteroatoms. The highest BCUT2D eigenvalue weighted by molar-refractivity contribution is 5.81. The number of nitrogens with one attached hydrogen (secondary N) is 1. The van der Waals surface area contributed by atoms with E-state index in [1.807, 2.05) is 11.9 Å². The molecule has 0 saturated carbocycles. The average molecular weight is 241 g/mol. The molecule has 0 spiro atoms. The molecule has 1 aliphatic rings. The Morgan fingerprint density at radius 1 is 1.53 bits per heavy atom. The van der Waals surface area contributed by atoms with Crippen LogP contribution in [0.5, 0.6) is 0 Å². The smallest absolute Gasteiger partial charge is 0.280 e. The van der Waals surface area contributed by atoms with E-state index in [1.54, 1.807) is 0 Å². The minimum Gasteiger partial charge on any atom is -0.349 e. The molecule has 17 heavy (non-hydrogen) atoms. The fraction of sp³-hybridized carbons (Fsp3) is 0.500. The number of likely N-dealkylation sites (N-methyl/N-ethyl adjacent to an activating group) is 1. The van der Waals surface area contributed by atoms with Crippen LogP contribution in [0, 0.1) is 0 Å². The van der Waals surface area contributed by atoms with E-state index < -0.39 is 6.43 Å². The quantitative estimate of drug-likeness (QED) is 0.850. The van der Waals surface area contributed by atoms with Crippen LogP contribution < -0.4 is 5.32 Å². The van der Waals surface area contributed by atoms with E-state index in [0.29, 0.717) is 12.4 Å². The molecule has 0 unspecified atom stereocenters. The maximum absolute atomic E-state index is 12.4. The van der Waals surface area contributed by atoms with Gasteiger partial charge in [0.1, 0.15) is 11.5 Å². The van der Waals surface area contributed by atoms with Gasteiger partial charge in [0.05, 0.1) is 13.1 Å². The highest BCUT2D eigenvalue weighted by Gasteiger charge is 2.13. The number of aliphatic imine (C=N–C) groups is 1. The largest absolute Gasteiger partial charge is 0.349 e. The molecule has 1 aromatic rings. The molecule has 0 atom stereocenters.